The summed E-state index contributed by atoms with van der Waals surface area (Å²) >= 11 is 0. The van der Waals surface area contributed by atoms with Crippen LogP contribution in [0.5, 0.6) is 0 Å². The minimum absolute atomic E-state index is 0.547. The van der Waals surface area contributed by atoms with E-state index in [0.717, 1.165) is 12.3 Å². The van der Waals surface area contributed by atoms with Gasteiger partial charge in [0, 0.05) is 26.6 Å². The molecule has 0 amide bonds. The Balaban J connectivity index is 3.96. The van der Waals surface area contributed by atoms with E-state index in [9.17, 15) is 0 Å². The summed E-state index contributed by atoms with van der Waals surface area (Å²) in [6.45, 7) is 14.4. The van der Waals surface area contributed by atoms with Crippen molar-refractivity contribution in [1.29, 1.82) is 0 Å². The maximum Gasteiger partial charge on any atom is 0.139 e. The Morgan fingerprint density at radius 3 is 2.38 bits per heavy atom. The summed E-state index contributed by atoms with van der Waals surface area (Å²) in [6, 6.07) is 1.20. The molecule has 0 aliphatic carbocycles. The van der Waals surface area contributed by atoms with Crippen molar-refractivity contribution in [3.05, 3.63) is 11.8 Å². The van der Waals surface area contributed by atoms with Gasteiger partial charge in [0.15, 0.2) is 0 Å². The van der Waals surface area contributed by atoms with Crippen molar-refractivity contribution < 1.29 is 4.74 Å². The Morgan fingerprint density at radius 1 is 1.31 bits per heavy atom. The minimum atomic E-state index is -0.980. The van der Waals surface area contributed by atoms with Gasteiger partial charge in [0.1, 0.15) is 6.73 Å². The van der Waals surface area contributed by atoms with Crippen molar-refractivity contribution in [2.24, 2.45) is 5.10 Å². The number of hydrazone groups is 1. The molecule has 4 heteroatoms. The predicted octanol–water partition coefficient (Wildman–Crippen LogP) is 3.53. The van der Waals surface area contributed by atoms with Crippen molar-refractivity contribution in [2.45, 2.75) is 46.5 Å². The summed E-state index contributed by atoms with van der Waals surface area (Å²) in [5.41, 5.74) is 1.12. The Morgan fingerprint density at radius 2 is 1.94 bits per heavy atom. The molecule has 0 N–H and O–H groups in total. The minimum Gasteiger partial charge on any atom is -0.360 e. The zero-order valence-corrected chi connectivity index (χ0v) is 12.6. The maximum atomic E-state index is 5.65. The zero-order chi connectivity index (χ0) is 12.6. The molecule has 0 bridgehead atoms. The molecule has 0 aliphatic heterocycles. The molecule has 0 atom stereocenters. The van der Waals surface area contributed by atoms with Crippen LogP contribution >= 0.6 is 0 Å². The van der Waals surface area contributed by atoms with Gasteiger partial charge in [-0.25, -0.2) is 5.01 Å². The number of allylic oxidation sites excluding steroid dienone is 2. The van der Waals surface area contributed by atoms with Gasteiger partial charge in [0.05, 0.1) is 0 Å². The van der Waals surface area contributed by atoms with E-state index in [0.29, 0.717) is 6.73 Å². The lowest BCUT2D eigenvalue weighted by Crippen LogP contribution is -2.24. The zero-order valence-electron chi connectivity index (χ0n) is 11.6. The second kappa shape index (κ2) is 7.63. The number of rotatable bonds is 7. The normalized spacial score (nSPS) is 13.5. The third kappa shape index (κ3) is 7.65. The summed E-state index contributed by atoms with van der Waals surface area (Å²) in [7, 11) is -0.980. The molecule has 0 aliphatic rings. The van der Waals surface area contributed by atoms with Gasteiger partial charge in [0.2, 0.25) is 0 Å². The first-order valence-corrected chi connectivity index (χ1v) is 9.58. The molecule has 0 saturated carbocycles. The molecule has 0 heterocycles. The van der Waals surface area contributed by atoms with Gasteiger partial charge in [-0.2, -0.15) is 5.10 Å². The van der Waals surface area contributed by atoms with Crippen LogP contribution in [0.25, 0.3) is 0 Å². The molecule has 0 spiro atoms. The molecule has 0 unspecified atom stereocenters. The molecule has 3 nitrogen and oxygen atoms in total. The van der Waals surface area contributed by atoms with Crippen LogP contribution in [0, 0.1) is 0 Å². The Labute approximate surface area is 101 Å². The highest BCUT2D eigenvalue weighted by Gasteiger charge is 2.12. The van der Waals surface area contributed by atoms with Gasteiger partial charge in [-0.1, -0.05) is 25.7 Å². The molecular formula is C12H26N2OSi. The van der Waals surface area contributed by atoms with Gasteiger partial charge >= 0.3 is 0 Å². The van der Waals surface area contributed by atoms with Crippen LogP contribution < -0.4 is 0 Å². The molecule has 94 valence electrons. The van der Waals surface area contributed by atoms with Crippen LogP contribution in [0.2, 0.25) is 25.7 Å². The van der Waals surface area contributed by atoms with Crippen LogP contribution in [0.1, 0.15) is 20.8 Å². The maximum absolute atomic E-state index is 5.65. The lowest BCUT2D eigenvalue weighted by molar-refractivity contribution is 0.0567. The number of hydrogen-bond acceptors (Lipinski definition) is 3. The topological polar surface area (TPSA) is 24.8 Å². The van der Waals surface area contributed by atoms with Crippen molar-refractivity contribution >= 4 is 14.3 Å². The van der Waals surface area contributed by atoms with Crippen molar-refractivity contribution in [3.8, 4) is 0 Å². The first-order chi connectivity index (χ1) is 7.40. The Kier molecular flexibility index (Phi) is 7.33. The van der Waals surface area contributed by atoms with Gasteiger partial charge in [-0.05, 0) is 26.8 Å². The van der Waals surface area contributed by atoms with E-state index < -0.39 is 8.07 Å². The molecule has 0 aromatic heterocycles. The van der Waals surface area contributed by atoms with Crippen molar-refractivity contribution in [1.82, 2.24) is 5.01 Å². The molecule has 0 radical (unpaired) electrons. The molecule has 0 aromatic rings. The standard InChI is InChI=1S/C12H26N2OSi/c1-7-12(3)14(13-8-2)11-15-9-10-16(4,5)6/h7-8H,9-11H2,1-6H3/b12-7+,13-8-. The number of ether oxygens (including phenoxy) is 1. The van der Waals surface area contributed by atoms with Gasteiger partial charge in [0.25, 0.3) is 0 Å². The third-order valence-electron chi connectivity index (χ3n) is 2.29. The van der Waals surface area contributed by atoms with Gasteiger partial charge in [-0.15, -0.1) is 0 Å². The largest absolute Gasteiger partial charge is 0.360 e. The molecule has 0 saturated heterocycles. The fraction of sp³-hybridized carbons (Fsp3) is 0.750. The van der Waals surface area contributed by atoms with E-state index >= 15 is 0 Å². The first-order valence-electron chi connectivity index (χ1n) is 5.87. The summed E-state index contributed by atoms with van der Waals surface area (Å²) in [5.74, 6) is 0. The van der Waals surface area contributed by atoms with Crippen molar-refractivity contribution in [2.75, 3.05) is 13.3 Å². The monoisotopic (exact) mass is 242 g/mol. The van der Waals surface area contributed by atoms with Gasteiger partial charge in [-0.3, -0.25) is 0 Å². The molecule has 0 rings (SSSR count). The lowest BCUT2D eigenvalue weighted by Gasteiger charge is -2.21. The van der Waals surface area contributed by atoms with Crippen LogP contribution in [0.3, 0.4) is 0 Å². The van der Waals surface area contributed by atoms with Crippen LogP contribution in [0.4, 0.5) is 0 Å². The third-order valence-corrected chi connectivity index (χ3v) is 3.99. The SMILES string of the molecule is C/C=N\N(COCC[Si](C)(C)C)/C(C)=C/C. The van der Waals surface area contributed by atoms with E-state index in [1.165, 1.54) is 6.04 Å². The fourth-order valence-corrected chi connectivity index (χ4v) is 1.80. The second-order valence-electron chi connectivity index (χ2n) is 5.05. The van der Waals surface area contributed by atoms with Crippen LogP contribution in [-0.2, 0) is 4.74 Å². The second-order valence-corrected chi connectivity index (χ2v) is 10.7. The summed E-state index contributed by atoms with van der Waals surface area (Å²) in [6.07, 6.45) is 3.82. The Bertz CT molecular complexity index is 244. The lowest BCUT2D eigenvalue weighted by atomic mass is 10.4. The summed E-state index contributed by atoms with van der Waals surface area (Å²) < 4.78 is 5.65. The fourth-order valence-electron chi connectivity index (χ4n) is 1.04. The first kappa shape index (κ1) is 15.4. The highest BCUT2D eigenvalue weighted by molar-refractivity contribution is 6.76. The van der Waals surface area contributed by atoms with E-state index in [2.05, 4.69) is 24.7 Å². The molecule has 16 heavy (non-hydrogen) atoms. The molecular weight excluding hydrogens is 216 g/mol. The average Bonchev–Trinajstić information content (AvgIpc) is 2.20. The number of nitrogens with zero attached hydrogens (tertiary/aromatic N) is 2. The summed E-state index contributed by atoms with van der Waals surface area (Å²) in [4.78, 5) is 0. The van der Waals surface area contributed by atoms with E-state index in [-0.39, 0.29) is 0 Å². The number of hydrogen-bond donors (Lipinski definition) is 0. The van der Waals surface area contributed by atoms with Crippen LogP contribution in [-0.4, -0.2) is 32.6 Å². The van der Waals surface area contributed by atoms with Crippen molar-refractivity contribution in [3.63, 3.8) is 0 Å². The van der Waals surface area contributed by atoms with E-state index in [1.54, 1.807) is 6.21 Å². The average molecular weight is 242 g/mol. The van der Waals surface area contributed by atoms with E-state index in [1.807, 2.05) is 31.9 Å². The smallest absolute Gasteiger partial charge is 0.139 e. The predicted molar refractivity (Wildman–Crippen MR) is 74.4 cm³/mol. The highest BCUT2D eigenvalue weighted by atomic mass is 28.3. The summed E-state index contributed by atoms with van der Waals surface area (Å²) in [5, 5.41) is 6.13. The van der Waals surface area contributed by atoms with Crippen LogP contribution in [0.15, 0.2) is 16.9 Å². The van der Waals surface area contributed by atoms with E-state index in [4.69, 9.17) is 4.74 Å². The highest BCUT2D eigenvalue weighted by Crippen LogP contribution is 2.09. The quantitative estimate of drug-likeness (QED) is 0.224. The Hall–Kier alpha value is -0.613. The molecule has 0 fully saturated rings. The van der Waals surface area contributed by atoms with Gasteiger partial charge < -0.3 is 4.74 Å². The molecule has 0 aromatic carbocycles.